The minimum Gasteiger partial charge on any atom is -0.369 e. The van der Waals surface area contributed by atoms with Crippen LogP contribution in [0.5, 0.6) is 0 Å². The van der Waals surface area contributed by atoms with Crippen LogP contribution in [0.15, 0.2) is 29.3 Å². The molecule has 2 heterocycles. The zero-order valence-corrected chi connectivity index (χ0v) is 17.9. The minimum absolute atomic E-state index is 0.249. The van der Waals surface area contributed by atoms with Crippen LogP contribution >= 0.6 is 0 Å². The average Bonchev–Trinajstić information content (AvgIpc) is 3.12. The molecule has 164 valence electrons. The molecule has 0 atom stereocenters. The third-order valence-corrected chi connectivity index (χ3v) is 5.61. The van der Waals surface area contributed by atoms with E-state index in [1.54, 1.807) is 0 Å². The van der Waals surface area contributed by atoms with Crippen LogP contribution in [-0.2, 0) is 22.7 Å². The zero-order chi connectivity index (χ0) is 21.3. The number of primary amides is 1. The molecule has 0 spiro atoms. The Hall–Kier alpha value is -2.61. The van der Waals surface area contributed by atoms with E-state index in [4.69, 9.17) is 10.7 Å². The average molecular weight is 415 g/mol. The molecule has 0 unspecified atom stereocenters. The quantitative estimate of drug-likeness (QED) is 0.432. The van der Waals surface area contributed by atoms with Gasteiger partial charge in [-0.2, -0.15) is 0 Å². The highest BCUT2D eigenvalue weighted by atomic mass is 16.2. The van der Waals surface area contributed by atoms with E-state index < -0.39 is 0 Å². The van der Waals surface area contributed by atoms with Crippen LogP contribution in [0.25, 0.3) is 0 Å². The Kier molecular flexibility index (Phi) is 8.07. The molecule has 30 heavy (non-hydrogen) atoms. The van der Waals surface area contributed by atoms with E-state index >= 15 is 0 Å². The number of carbonyl (C=O) groups excluding carboxylic acids is 2. The molecular weight excluding hydrogens is 380 g/mol. The van der Waals surface area contributed by atoms with Gasteiger partial charge >= 0.3 is 0 Å². The number of piperidine rings is 1. The molecule has 0 saturated carbocycles. The highest BCUT2D eigenvalue weighted by molar-refractivity contribution is 5.80. The van der Waals surface area contributed by atoms with E-state index in [9.17, 15) is 9.59 Å². The second-order valence-electron chi connectivity index (χ2n) is 8.10. The van der Waals surface area contributed by atoms with Crippen LogP contribution in [-0.4, -0.2) is 66.3 Å². The number of carbonyl (C=O) groups is 2. The Bertz CT molecular complexity index is 758. The highest BCUT2D eigenvalue weighted by Crippen LogP contribution is 2.16. The van der Waals surface area contributed by atoms with Gasteiger partial charge in [0.25, 0.3) is 0 Å². The van der Waals surface area contributed by atoms with Gasteiger partial charge in [0.1, 0.15) is 0 Å². The fraction of sp³-hybridized carbons (Fsp3) is 0.591. The van der Waals surface area contributed by atoms with Gasteiger partial charge in [-0.05, 0) is 37.3 Å². The van der Waals surface area contributed by atoms with Crippen LogP contribution in [0.1, 0.15) is 43.7 Å². The van der Waals surface area contributed by atoms with Gasteiger partial charge in [-0.25, -0.2) is 4.99 Å². The van der Waals surface area contributed by atoms with Gasteiger partial charge in [-0.1, -0.05) is 24.3 Å². The number of nitrogens with zero attached hydrogens (tertiary/aromatic N) is 3. The second-order valence-corrected chi connectivity index (χ2v) is 8.10. The summed E-state index contributed by atoms with van der Waals surface area (Å²) in [6.45, 7) is 7.02. The number of hydrogen-bond acceptors (Lipinski definition) is 4. The maximum Gasteiger partial charge on any atom is 0.231 e. The summed E-state index contributed by atoms with van der Waals surface area (Å²) in [6.07, 6.45) is 3.54. The van der Waals surface area contributed by atoms with Gasteiger partial charge in [-0.3, -0.25) is 14.5 Å². The van der Waals surface area contributed by atoms with E-state index in [1.165, 1.54) is 0 Å². The third kappa shape index (κ3) is 6.73. The van der Waals surface area contributed by atoms with Gasteiger partial charge in [-0.15, -0.1) is 0 Å². The van der Waals surface area contributed by atoms with E-state index in [-0.39, 0.29) is 11.8 Å². The van der Waals surface area contributed by atoms with Gasteiger partial charge in [0, 0.05) is 45.2 Å². The number of aliphatic imine (C=N–C) groups is 1. The number of likely N-dealkylation sites (tertiary alicyclic amines) is 2. The summed E-state index contributed by atoms with van der Waals surface area (Å²) < 4.78 is 0. The summed E-state index contributed by atoms with van der Waals surface area (Å²) >= 11 is 0. The lowest BCUT2D eigenvalue weighted by Gasteiger charge is -2.32. The Morgan fingerprint density at radius 3 is 2.67 bits per heavy atom. The molecule has 2 amide bonds. The molecule has 0 aromatic heterocycles. The Balaban J connectivity index is 1.54. The van der Waals surface area contributed by atoms with Crippen molar-refractivity contribution in [1.29, 1.82) is 0 Å². The molecular formula is C22H34N6O2. The number of amides is 2. The molecule has 8 nitrogen and oxygen atoms in total. The van der Waals surface area contributed by atoms with Crippen LogP contribution < -0.4 is 16.4 Å². The lowest BCUT2D eigenvalue weighted by atomic mass is 10.1. The molecule has 0 aliphatic carbocycles. The zero-order valence-electron chi connectivity index (χ0n) is 17.9. The maximum absolute atomic E-state index is 11.9. The molecule has 3 rings (SSSR count). The first-order valence-electron chi connectivity index (χ1n) is 10.9. The smallest absolute Gasteiger partial charge is 0.231 e. The number of hydrogen-bond donors (Lipinski definition) is 3. The van der Waals surface area contributed by atoms with Crippen molar-refractivity contribution in [2.75, 3.05) is 32.7 Å². The van der Waals surface area contributed by atoms with Gasteiger partial charge in [0.05, 0.1) is 13.1 Å². The topological polar surface area (TPSA) is 103 Å². The molecule has 2 fully saturated rings. The standard InChI is InChI=1S/C22H34N6O2/c1-2-24-22(26-19-8-11-27(12-9-19)16-20(23)29)25-14-17-5-3-6-18(13-17)15-28-10-4-7-21(28)30/h3,5-6,13,19H,2,4,7-12,14-16H2,1H3,(H2,23,29)(H2,24,25,26). The molecule has 2 saturated heterocycles. The van der Waals surface area contributed by atoms with E-state index in [2.05, 4.69) is 40.7 Å². The molecule has 0 radical (unpaired) electrons. The maximum atomic E-state index is 11.9. The van der Waals surface area contributed by atoms with Gasteiger partial charge in [0.2, 0.25) is 11.8 Å². The molecule has 8 heteroatoms. The predicted octanol–water partition coefficient (Wildman–Crippen LogP) is 0.814. The number of rotatable bonds is 8. The Morgan fingerprint density at radius 2 is 2.00 bits per heavy atom. The fourth-order valence-electron chi connectivity index (χ4n) is 4.06. The van der Waals surface area contributed by atoms with Crippen molar-refractivity contribution in [1.82, 2.24) is 20.4 Å². The largest absolute Gasteiger partial charge is 0.369 e. The first-order valence-corrected chi connectivity index (χ1v) is 10.9. The number of benzene rings is 1. The lowest BCUT2D eigenvalue weighted by Crippen LogP contribution is -2.49. The van der Waals surface area contributed by atoms with E-state index in [1.807, 2.05) is 11.0 Å². The first kappa shape index (κ1) is 22.1. The van der Waals surface area contributed by atoms with Crippen molar-refractivity contribution >= 4 is 17.8 Å². The number of guanidine groups is 1. The molecule has 2 aliphatic rings. The van der Waals surface area contributed by atoms with Crippen LogP contribution in [0.3, 0.4) is 0 Å². The number of nitrogens with one attached hydrogen (secondary N) is 2. The summed E-state index contributed by atoms with van der Waals surface area (Å²) in [6, 6.07) is 8.66. The second kappa shape index (κ2) is 11.0. The van der Waals surface area contributed by atoms with Crippen LogP contribution in [0.4, 0.5) is 0 Å². The summed E-state index contributed by atoms with van der Waals surface area (Å²) in [4.78, 5) is 31.7. The summed E-state index contributed by atoms with van der Waals surface area (Å²) in [5.41, 5.74) is 7.57. The van der Waals surface area contributed by atoms with Crippen LogP contribution in [0, 0.1) is 0 Å². The fourth-order valence-corrected chi connectivity index (χ4v) is 4.06. The SMILES string of the molecule is CCNC(=NCc1cccc(CN2CCCC2=O)c1)NC1CCN(CC(N)=O)CC1. The van der Waals surface area contributed by atoms with Crippen molar-refractivity contribution < 1.29 is 9.59 Å². The highest BCUT2D eigenvalue weighted by Gasteiger charge is 2.21. The molecule has 0 bridgehead atoms. The molecule has 1 aromatic carbocycles. The summed E-state index contributed by atoms with van der Waals surface area (Å²) in [5, 5.41) is 6.84. The van der Waals surface area contributed by atoms with E-state index in [0.29, 0.717) is 32.1 Å². The minimum atomic E-state index is -0.271. The first-order chi connectivity index (χ1) is 14.5. The number of nitrogens with two attached hydrogens (primary N) is 1. The van der Waals surface area contributed by atoms with Crippen LogP contribution in [0.2, 0.25) is 0 Å². The normalized spacial score (nSPS) is 18.6. The predicted molar refractivity (Wildman–Crippen MR) is 118 cm³/mol. The lowest BCUT2D eigenvalue weighted by molar-refractivity contribution is -0.128. The van der Waals surface area contributed by atoms with Gasteiger partial charge in [0.15, 0.2) is 5.96 Å². The van der Waals surface area contributed by atoms with Crippen molar-refractivity contribution in [2.24, 2.45) is 10.7 Å². The molecule has 1 aromatic rings. The van der Waals surface area contributed by atoms with E-state index in [0.717, 1.165) is 62.5 Å². The Morgan fingerprint density at radius 1 is 1.23 bits per heavy atom. The van der Waals surface area contributed by atoms with Crippen molar-refractivity contribution in [2.45, 2.75) is 51.7 Å². The van der Waals surface area contributed by atoms with Crippen molar-refractivity contribution in [3.63, 3.8) is 0 Å². The van der Waals surface area contributed by atoms with Gasteiger partial charge < -0.3 is 21.3 Å². The Labute approximate surface area is 178 Å². The molecule has 4 N–H and O–H groups in total. The monoisotopic (exact) mass is 414 g/mol. The summed E-state index contributed by atoms with van der Waals surface area (Å²) in [5.74, 6) is 0.789. The van der Waals surface area contributed by atoms with Crippen molar-refractivity contribution in [3.05, 3.63) is 35.4 Å². The third-order valence-electron chi connectivity index (χ3n) is 5.61. The molecule has 2 aliphatic heterocycles. The summed E-state index contributed by atoms with van der Waals surface area (Å²) in [7, 11) is 0. The van der Waals surface area contributed by atoms with Crippen molar-refractivity contribution in [3.8, 4) is 0 Å².